The highest BCUT2D eigenvalue weighted by Gasteiger charge is 2.54. The zero-order valence-corrected chi connectivity index (χ0v) is 41.3. The SMILES string of the molecule is CC(C)(C)[Si](OC(=O)CCC(=O)OC(CO)CO)(c1ccccc1)c1ccccc1.CC(C)(C)[Si](OC(=O)CCC(=O)OC1COC(c2ccccc2)OC1)(c1ccccc1)c1ccccc1. The van der Waals surface area contributed by atoms with E-state index in [4.69, 9.17) is 38.0 Å². The third-order valence-electron chi connectivity index (χ3n) is 11.4. The van der Waals surface area contributed by atoms with Crippen LogP contribution >= 0.6 is 0 Å². The van der Waals surface area contributed by atoms with Gasteiger partial charge in [0.1, 0.15) is 12.2 Å². The number of benzene rings is 5. The summed E-state index contributed by atoms with van der Waals surface area (Å²) in [7, 11) is -6.02. The second-order valence-electron chi connectivity index (χ2n) is 18.3. The normalized spacial score (nSPS) is 15.4. The van der Waals surface area contributed by atoms with E-state index in [0.29, 0.717) is 0 Å². The summed E-state index contributed by atoms with van der Waals surface area (Å²) in [6, 6.07) is 49.0. The van der Waals surface area contributed by atoms with E-state index in [0.717, 1.165) is 26.3 Å². The minimum atomic E-state index is -3.01. The van der Waals surface area contributed by atoms with Crippen molar-refractivity contribution in [1.82, 2.24) is 0 Å². The molecule has 0 unspecified atom stereocenters. The number of ether oxygens (including phenoxy) is 4. The minimum absolute atomic E-state index is 0.0651. The summed E-state index contributed by atoms with van der Waals surface area (Å²) >= 11 is 0. The highest BCUT2D eigenvalue weighted by molar-refractivity contribution is 7.01. The summed E-state index contributed by atoms with van der Waals surface area (Å²) in [5.74, 6) is -2.03. The number of rotatable bonds is 17. The molecule has 0 saturated carbocycles. The van der Waals surface area contributed by atoms with Crippen molar-refractivity contribution < 1.29 is 57.2 Å². The summed E-state index contributed by atoms with van der Waals surface area (Å²) in [5, 5.41) is 21.3. The molecule has 1 fully saturated rings. The summed E-state index contributed by atoms with van der Waals surface area (Å²) in [6.07, 6.45) is -2.44. The monoisotopic (exact) mass is 948 g/mol. The predicted octanol–water partition coefficient (Wildman–Crippen LogP) is 6.29. The highest BCUT2D eigenvalue weighted by Crippen LogP contribution is 2.38. The van der Waals surface area contributed by atoms with Crippen LogP contribution < -0.4 is 20.7 Å². The van der Waals surface area contributed by atoms with E-state index in [1.807, 2.05) is 152 Å². The van der Waals surface area contributed by atoms with Crippen molar-refractivity contribution in [2.75, 3.05) is 26.4 Å². The van der Waals surface area contributed by atoms with Crippen molar-refractivity contribution in [3.63, 3.8) is 0 Å². The molecule has 6 rings (SSSR count). The van der Waals surface area contributed by atoms with Crippen LogP contribution in [0.3, 0.4) is 0 Å². The van der Waals surface area contributed by atoms with Gasteiger partial charge in [-0.2, -0.15) is 0 Å². The van der Waals surface area contributed by atoms with Gasteiger partial charge in [0.15, 0.2) is 6.29 Å². The molecular weight excluding hydrogens is 885 g/mol. The minimum Gasteiger partial charge on any atom is -0.510 e. The van der Waals surface area contributed by atoms with E-state index in [2.05, 4.69) is 41.5 Å². The van der Waals surface area contributed by atoms with Crippen LogP contribution in [0, 0.1) is 0 Å². The Bertz CT molecular complexity index is 2210. The fraction of sp³-hybridized carbons (Fsp3) is 0.358. The van der Waals surface area contributed by atoms with Crippen molar-refractivity contribution in [3.8, 4) is 0 Å². The molecule has 0 radical (unpaired) electrons. The smallest absolute Gasteiger partial charge is 0.323 e. The molecule has 2 N–H and O–H groups in total. The van der Waals surface area contributed by atoms with Gasteiger partial charge in [0.05, 0.1) is 52.1 Å². The number of aliphatic hydroxyl groups is 2. The standard InChI is InChI=1S/C30H34O6Si.C23H30O6Si/c1-30(2,3)37(25-15-9-5-10-16-25,26-17-11-6-12-18-26)36-28(32)20-19-27(31)35-24-21-33-29(34-22-24)23-13-7-4-8-14-23;1-23(2,3)30(19-10-6-4-7-11-19,20-12-8-5-9-13-20)29-22(27)15-14-21(26)28-18(16-24)17-25/h4-18,24,29H,19-22H2,1-3H3;4-13,18,24-25H,14-17H2,1-3H3. The molecule has 0 bridgehead atoms. The maximum atomic E-state index is 13.2. The molecule has 5 aromatic carbocycles. The van der Waals surface area contributed by atoms with E-state index >= 15 is 0 Å². The van der Waals surface area contributed by atoms with E-state index in [-0.39, 0.29) is 49.0 Å². The van der Waals surface area contributed by atoms with E-state index in [9.17, 15) is 19.2 Å². The molecule has 0 amide bonds. The average molecular weight is 949 g/mol. The number of hydrogen-bond acceptors (Lipinski definition) is 12. The molecule has 1 aliphatic heterocycles. The van der Waals surface area contributed by atoms with Gasteiger partial charge < -0.3 is 38.0 Å². The van der Waals surface area contributed by atoms with Crippen molar-refractivity contribution in [2.45, 2.75) is 95.8 Å². The Hall–Kier alpha value is -5.75. The summed E-state index contributed by atoms with van der Waals surface area (Å²) in [4.78, 5) is 50.6. The molecule has 1 aliphatic rings. The lowest BCUT2D eigenvalue weighted by Crippen LogP contribution is -2.67. The van der Waals surface area contributed by atoms with Crippen molar-refractivity contribution >= 4 is 61.3 Å². The first kappa shape index (κ1) is 52.2. The molecule has 12 nitrogen and oxygen atoms in total. The maximum Gasteiger partial charge on any atom is 0.323 e. The molecule has 0 atom stereocenters. The van der Waals surface area contributed by atoms with Crippen LogP contribution in [-0.2, 0) is 47.0 Å². The number of aliphatic hydroxyl groups excluding tert-OH is 2. The van der Waals surface area contributed by atoms with Gasteiger partial charge in [0.2, 0.25) is 0 Å². The number of carbonyl (C=O) groups is 4. The van der Waals surface area contributed by atoms with Crippen LogP contribution in [-0.4, -0.2) is 89.4 Å². The number of hydrogen-bond donors (Lipinski definition) is 2. The largest absolute Gasteiger partial charge is 0.510 e. The number of carbonyl (C=O) groups excluding carboxylic acids is 4. The molecule has 14 heteroatoms. The first-order chi connectivity index (χ1) is 32.0. The third-order valence-corrected chi connectivity index (χ3v) is 21.3. The molecule has 67 heavy (non-hydrogen) atoms. The lowest BCUT2D eigenvalue weighted by molar-refractivity contribution is -0.229. The highest BCUT2D eigenvalue weighted by atomic mass is 28.4. The van der Waals surface area contributed by atoms with Gasteiger partial charge in [0, 0.05) is 5.56 Å². The Morgan fingerprint density at radius 2 is 0.821 bits per heavy atom. The van der Waals surface area contributed by atoms with Gasteiger partial charge in [0.25, 0.3) is 11.9 Å². The topological polar surface area (TPSA) is 164 Å². The fourth-order valence-corrected chi connectivity index (χ4v) is 16.9. The molecule has 5 aromatic rings. The first-order valence-electron chi connectivity index (χ1n) is 22.6. The van der Waals surface area contributed by atoms with Gasteiger partial charge in [-0.3, -0.25) is 19.2 Å². The lowest BCUT2D eigenvalue weighted by Gasteiger charge is -2.42. The van der Waals surface area contributed by atoms with Crippen LogP contribution in [0.15, 0.2) is 152 Å². The summed E-state index contributed by atoms with van der Waals surface area (Å²) < 4.78 is 34.6. The quantitative estimate of drug-likeness (QED) is 0.0792. The molecule has 0 spiro atoms. The Labute approximate surface area is 396 Å². The Kier molecular flexibility index (Phi) is 19.0. The van der Waals surface area contributed by atoms with Crippen LogP contribution in [0.5, 0.6) is 0 Å². The lowest BCUT2D eigenvalue weighted by atomic mass is 10.2. The first-order valence-corrected chi connectivity index (χ1v) is 26.4. The maximum absolute atomic E-state index is 13.2. The fourth-order valence-electron chi connectivity index (χ4n) is 8.13. The van der Waals surface area contributed by atoms with E-state index in [1.165, 1.54) is 0 Å². The second-order valence-corrected chi connectivity index (χ2v) is 26.7. The molecule has 0 aromatic heterocycles. The second kappa shape index (κ2) is 24.3. The zero-order chi connectivity index (χ0) is 48.5. The van der Waals surface area contributed by atoms with Gasteiger partial charge in [-0.1, -0.05) is 193 Å². The van der Waals surface area contributed by atoms with Crippen LogP contribution in [0.2, 0.25) is 10.1 Å². The molecule has 1 saturated heterocycles. The molecule has 1 heterocycles. The molecule has 356 valence electrons. The third kappa shape index (κ3) is 13.7. The number of esters is 2. The predicted molar refractivity (Wildman–Crippen MR) is 261 cm³/mol. The van der Waals surface area contributed by atoms with Gasteiger partial charge >= 0.3 is 28.6 Å². The van der Waals surface area contributed by atoms with Crippen LogP contribution in [0.4, 0.5) is 0 Å². The van der Waals surface area contributed by atoms with E-state index in [1.54, 1.807) is 0 Å². The van der Waals surface area contributed by atoms with Crippen LogP contribution in [0.25, 0.3) is 0 Å². The van der Waals surface area contributed by atoms with Crippen molar-refractivity contribution in [2.24, 2.45) is 0 Å². The Balaban J connectivity index is 0.000000257. The summed E-state index contributed by atoms with van der Waals surface area (Å²) in [6.45, 7) is 12.0. The Morgan fingerprint density at radius 3 is 1.15 bits per heavy atom. The van der Waals surface area contributed by atoms with Crippen LogP contribution in [0.1, 0.15) is 79.1 Å². The summed E-state index contributed by atoms with van der Waals surface area (Å²) in [5.41, 5.74) is 0.915. The molecule has 0 aliphatic carbocycles. The molecular formula is C53H64O12Si2. The van der Waals surface area contributed by atoms with Crippen molar-refractivity contribution in [1.29, 1.82) is 0 Å². The van der Waals surface area contributed by atoms with Gasteiger partial charge in [-0.05, 0) is 30.8 Å². The average Bonchev–Trinajstić information content (AvgIpc) is 3.34. The van der Waals surface area contributed by atoms with Gasteiger partial charge in [-0.25, -0.2) is 0 Å². The van der Waals surface area contributed by atoms with Crippen molar-refractivity contribution in [3.05, 3.63) is 157 Å². The Morgan fingerprint density at radius 1 is 0.507 bits per heavy atom. The van der Waals surface area contributed by atoms with Gasteiger partial charge in [-0.15, -0.1) is 0 Å². The van der Waals surface area contributed by atoms with E-state index < -0.39 is 72.2 Å². The zero-order valence-electron chi connectivity index (χ0n) is 39.3.